The van der Waals surface area contributed by atoms with E-state index in [0.717, 1.165) is 5.69 Å². The third kappa shape index (κ3) is 5.14. The summed E-state index contributed by atoms with van der Waals surface area (Å²) in [6.07, 6.45) is 0. The average molecular weight is 251 g/mol. The van der Waals surface area contributed by atoms with Crippen molar-refractivity contribution in [2.45, 2.75) is 27.3 Å². The fourth-order valence-electron chi connectivity index (χ4n) is 1.41. The maximum atomic E-state index is 11.4. The predicted molar refractivity (Wildman–Crippen MR) is 70.2 cm³/mol. The van der Waals surface area contributed by atoms with Gasteiger partial charge in [0.25, 0.3) is 0 Å². The third-order valence-electron chi connectivity index (χ3n) is 2.37. The van der Waals surface area contributed by atoms with Gasteiger partial charge in [-0.25, -0.2) is 0 Å². The van der Waals surface area contributed by atoms with Crippen LogP contribution in [0.4, 0.5) is 0 Å². The summed E-state index contributed by atoms with van der Waals surface area (Å²) in [4.78, 5) is 15.6. The van der Waals surface area contributed by atoms with E-state index in [1.165, 1.54) is 0 Å². The summed E-state index contributed by atoms with van der Waals surface area (Å²) in [6, 6.07) is 3.35. The minimum Gasteiger partial charge on any atom is -0.506 e. The Morgan fingerprint density at radius 2 is 2.17 bits per heavy atom. The van der Waals surface area contributed by atoms with Gasteiger partial charge in [0.15, 0.2) is 0 Å². The van der Waals surface area contributed by atoms with Crippen LogP contribution in [0.2, 0.25) is 0 Å². The molecule has 0 aliphatic rings. The maximum Gasteiger partial charge on any atom is 0.233 e. The number of rotatable bonds is 6. The van der Waals surface area contributed by atoms with Gasteiger partial charge in [-0.05, 0) is 25.0 Å². The molecule has 0 spiro atoms. The summed E-state index contributed by atoms with van der Waals surface area (Å²) in [7, 11) is 0. The Morgan fingerprint density at radius 3 is 2.83 bits per heavy atom. The number of carbonyl (C=O) groups is 1. The number of amides is 1. The summed E-state index contributed by atoms with van der Waals surface area (Å²) < 4.78 is 0. The summed E-state index contributed by atoms with van der Waals surface area (Å²) >= 11 is 0. The van der Waals surface area contributed by atoms with Crippen LogP contribution in [0.25, 0.3) is 0 Å². The molecule has 0 aliphatic carbocycles. The smallest absolute Gasteiger partial charge is 0.233 e. The van der Waals surface area contributed by atoms with Gasteiger partial charge in [0.1, 0.15) is 5.75 Å². The first kappa shape index (κ1) is 14.4. The molecule has 0 radical (unpaired) electrons. The van der Waals surface area contributed by atoms with Crippen LogP contribution in [-0.4, -0.2) is 29.1 Å². The molecule has 0 aliphatic heterocycles. The third-order valence-corrected chi connectivity index (χ3v) is 2.37. The second-order valence-electron chi connectivity index (χ2n) is 4.72. The van der Waals surface area contributed by atoms with Crippen molar-refractivity contribution in [3.63, 3.8) is 0 Å². The van der Waals surface area contributed by atoms with E-state index in [2.05, 4.69) is 15.6 Å². The first-order valence-electron chi connectivity index (χ1n) is 6.12. The molecule has 3 N–H and O–H groups in total. The lowest BCUT2D eigenvalue weighted by atomic mass is 10.2. The Balaban J connectivity index is 2.33. The standard InChI is InChI=1S/C13H21N3O2/c1-9(2)6-15-13(18)8-14-7-11-12(17)5-4-10(3)16-11/h4-5,9,14,17H,6-8H2,1-3H3,(H,15,18). The molecule has 1 aromatic heterocycles. The predicted octanol–water partition coefficient (Wildman–Crippen LogP) is 0.957. The van der Waals surface area contributed by atoms with E-state index in [-0.39, 0.29) is 18.2 Å². The monoisotopic (exact) mass is 251 g/mol. The van der Waals surface area contributed by atoms with Crippen molar-refractivity contribution in [3.05, 3.63) is 23.5 Å². The molecule has 0 fully saturated rings. The number of aryl methyl sites for hydroxylation is 1. The van der Waals surface area contributed by atoms with Crippen LogP contribution in [0.15, 0.2) is 12.1 Å². The molecule has 5 heteroatoms. The van der Waals surface area contributed by atoms with Gasteiger partial charge in [0.05, 0.1) is 12.2 Å². The number of aromatic hydroxyl groups is 1. The number of carbonyl (C=O) groups excluding carboxylic acids is 1. The molecule has 1 heterocycles. The van der Waals surface area contributed by atoms with Gasteiger partial charge < -0.3 is 15.7 Å². The molecule has 0 atom stereocenters. The van der Waals surface area contributed by atoms with E-state index < -0.39 is 0 Å². The fraction of sp³-hybridized carbons (Fsp3) is 0.538. The Morgan fingerprint density at radius 1 is 1.44 bits per heavy atom. The molecular weight excluding hydrogens is 230 g/mol. The van der Waals surface area contributed by atoms with E-state index in [4.69, 9.17) is 0 Å². The molecule has 0 unspecified atom stereocenters. The van der Waals surface area contributed by atoms with Gasteiger partial charge in [-0.1, -0.05) is 13.8 Å². The van der Waals surface area contributed by atoms with E-state index >= 15 is 0 Å². The highest BCUT2D eigenvalue weighted by Crippen LogP contribution is 2.13. The molecule has 1 rings (SSSR count). The van der Waals surface area contributed by atoms with Crippen molar-refractivity contribution >= 4 is 5.91 Å². The van der Waals surface area contributed by atoms with E-state index in [0.29, 0.717) is 24.7 Å². The SMILES string of the molecule is Cc1ccc(O)c(CNCC(=O)NCC(C)C)n1. The molecule has 0 saturated heterocycles. The van der Waals surface area contributed by atoms with Crippen LogP contribution in [0.1, 0.15) is 25.2 Å². The highest BCUT2D eigenvalue weighted by atomic mass is 16.3. The van der Waals surface area contributed by atoms with Crippen molar-refractivity contribution in [2.75, 3.05) is 13.1 Å². The largest absolute Gasteiger partial charge is 0.506 e. The van der Waals surface area contributed by atoms with E-state index in [1.807, 2.05) is 20.8 Å². The summed E-state index contributed by atoms with van der Waals surface area (Å²) in [5, 5.41) is 15.3. The fourth-order valence-corrected chi connectivity index (χ4v) is 1.41. The average Bonchev–Trinajstić information content (AvgIpc) is 2.31. The Bertz CT molecular complexity index is 405. The van der Waals surface area contributed by atoms with Crippen LogP contribution < -0.4 is 10.6 Å². The lowest BCUT2D eigenvalue weighted by Crippen LogP contribution is -2.35. The minimum absolute atomic E-state index is 0.0455. The lowest BCUT2D eigenvalue weighted by molar-refractivity contribution is -0.120. The second-order valence-corrected chi connectivity index (χ2v) is 4.72. The number of nitrogens with zero attached hydrogens (tertiary/aromatic N) is 1. The highest BCUT2D eigenvalue weighted by molar-refractivity contribution is 5.77. The van der Waals surface area contributed by atoms with Crippen LogP contribution >= 0.6 is 0 Å². The van der Waals surface area contributed by atoms with Gasteiger partial charge in [-0.15, -0.1) is 0 Å². The summed E-state index contributed by atoms with van der Waals surface area (Å²) in [5.74, 6) is 0.544. The van der Waals surface area contributed by atoms with Crippen molar-refractivity contribution < 1.29 is 9.90 Å². The Hall–Kier alpha value is -1.62. The lowest BCUT2D eigenvalue weighted by Gasteiger charge is -2.09. The van der Waals surface area contributed by atoms with Gasteiger partial charge in [-0.3, -0.25) is 9.78 Å². The van der Waals surface area contributed by atoms with Crippen molar-refractivity contribution in [2.24, 2.45) is 5.92 Å². The number of hydrogen-bond acceptors (Lipinski definition) is 4. The zero-order valence-electron chi connectivity index (χ0n) is 11.2. The Kier molecular flexibility index (Phi) is 5.58. The molecule has 1 aromatic rings. The molecule has 1 amide bonds. The first-order valence-corrected chi connectivity index (χ1v) is 6.12. The van der Waals surface area contributed by atoms with E-state index in [9.17, 15) is 9.90 Å². The van der Waals surface area contributed by atoms with Crippen LogP contribution in [0.3, 0.4) is 0 Å². The van der Waals surface area contributed by atoms with Crippen molar-refractivity contribution in [1.82, 2.24) is 15.6 Å². The van der Waals surface area contributed by atoms with Crippen molar-refractivity contribution in [1.29, 1.82) is 0 Å². The normalized spacial score (nSPS) is 10.7. The van der Waals surface area contributed by atoms with Gasteiger partial charge in [0, 0.05) is 18.8 Å². The van der Waals surface area contributed by atoms with Crippen LogP contribution in [0, 0.1) is 12.8 Å². The van der Waals surface area contributed by atoms with Crippen LogP contribution in [-0.2, 0) is 11.3 Å². The highest BCUT2D eigenvalue weighted by Gasteiger charge is 2.05. The summed E-state index contributed by atoms with van der Waals surface area (Å²) in [6.45, 7) is 7.22. The first-order chi connectivity index (χ1) is 8.49. The molecule has 18 heavy (non-hydrogen) atoms. The molecular formula is C13H21N3O2. The molecule has 5 nitrogen and oxygen atoms in total. The number of aromatic nitrogens is 1. The van der Waals surface area contributed by atoms with Gasteiger partial charge in [0.2, 0.25) is 5.91 Å². The van der Waals surface area contributed by atoms with E-state index in [1.54, 1.807) is 12.1 Å². The second kappa shape index (κ2) is 6.96. The number of hydrogen-bond donors (Lipinski definition) is 3. The molecule has 0 aromatic carbocycles. The number of nitrogens with one attached hydrogen (secondary N) is 2. The quantitative estimate of drug-likeness (QED) is 0.704. The molecule has 0 bridgehead atoms. The van der Waals surface area contributed by atoms with Gasteiger partial charge in [-0.2, -0.15) is 0 Å². The maximum absolute atomic E-state index is 11.4. The molecule has 100 valence electrons. The van der Waals surface area contributed by atoms with Crippen molar-refractivity contribution in [3.8, 4) is 5.75 Å². The summed E-state index contributed by atoms with van der Waals surface area (Å²) in [5.41, 5.74) is 1.40. The molecule has 0 saturated carbocycles. The minimum atomic E-state index is -0.0455. The zero-order chi connectivity index (χ0) is 13.5. The number of pyridine rings is 1. The van der Waals surface area contributed by atoms with Gasteiger partial charge >= 0.3 is 0 Å². The van der Waals surface area contributed by atoms with Crippen LogP contribution in [0.5, 0.6) is 5.75 Å². The topological polar surface area (TPSA) is 74.2 Å². The Labute approximate surface area is 108 Å². The zero-order valence-corrected chi connectivity index (χ0v) is 11.2.